The number of rotatable bonds is 2. The van der Waals surface area contributed by atoms with E-state index in [4.69, 9.17) is 5.10 Å². The molecule has 0 N–H and O–H groups in total. The summed E-state index contributed by atoms with van der Waals surface area (Å²) >= 11 is 0. The van der Waals surface area contributed by atoms with Crippen LogP contribution < -0.4 is 0 Å². The Kier molecular flexibility index (Phi) is 4.11. The second-order valence-electron chi connectivity index (χ2n) is 7.45. The number of carbonyl (C=O) groups is 1. The Balaban J connectivity index is 1.70. The zero-order valence-corrected chi connectivity index (χ0v) is 16.0. The molecule has 1 fully saturated rings. The topological polar surface area (TPSA) is 55.4 Å². The number of hydrogen-bond acceptors (Lipinski definition) is 3. The van der Waals surface area contributed by atoms with Crippen molar-refractivity contribution in [2.45, 2.75) is 25.7 Å². The molecule has 3 aromatic heterocycles. The van der Waals surface area contributed by atoms with Crippen molar-refractivity contribution in [3.05, 3.63) is 54.4 Å². The number of carbonyl (C=O) groups excluding carboxylic acids is 1. The van der Waals surface area contributed by atoms with Crippen LogP contribution in [-0.2, 0) is 7.05 Å². The highest BCUT2D eigenvalue weighted by molar-refractivity contribution is 6.10. The van der Waals surface area contributed by atoms with Crippen LogP contribution in [0.1, 0.15) is 36.0 Å². The predicted molar refractivity (Wildman–Crippen MR) is 109 cm³/mol. The van der Waals surface area contributed by atoms with Crippen LogP contribution in [0.5, 0.6) is 0 Å². The van der Waals surface area contributed by atoms with E-state index in [0.717, 1.165) is 59.4 Å². The fourth-order valence-corrected chi connectivity index (χ4v) is 4.22. The zero-order chi connectivity index (χ0) is 19.1. The van der Waals surface area contributed by atoms with Crippen molar-refractivity contribution in [3.8, 4) is 11.4 Å². The molecule has 28 heavy (non-hydrogen) atoms. The van der Waals surface area contributed by atoms with Gasteiger partial charge in [-0.3, -0.25) is 13.9 Å². The van der Waals surface area contributed by atoms with Gasteiger partial charge >= 0.3 is 0 Å². The molecular formula is C22H23N5O. The number of hydrogen-bond donors (Lipinski definition) is 0. The average molecular weight is 373 g/mol. The number of fused-ring (bicyclic) bond motifs is 2. The fourth-order valence-electron chi connectivity index (χ4n) is 4.22. The quantitative estimate of drug-likeness (QED) is 0.535. The van der Waals surface area contributed by atoms with Crippen molar-refractivity contribution < 1.29 is 4.79 Å². The summed E-state index contributed by atoms with van der Waals surface area (Å²) in [6.45, 7) is 1.67. The minimum Gasteiger partial charge on any atom is -0.339 e. The van der Waals surface area contributed by atoms with Crippen LogP contribution in [0.25, 0.3) is 27.9 Å². The molecule has 0 aliphatic carbocycles. The van der Waals surface area contributed by atoms with E-state index >= 15 is 0 Å². The number of nitrogens with zero attached hydrogens (tertiary/aromatic N) is 5. The summed E-state index contributed by atoms with van der Waals surface area (Å²) in [5.41, 5.74) is 4.26. The largest absolute Gasteiger partial charge is 0.339 e. The molecule has 4 aromatic rings. The fraction of sp³-hybridized carbons (Fsp3) is 0.318. The van der Waals surface area contributed by atoms with E-state index in [-0.39, 0.29) is 5.91 Å². The molecule has 0 atom stereocenters. The SMILES string of the molecule is Cn1nc(-c2cnc3ccccn23)c2c(C(=O)N3CCCCCC3)cccc21. The van der Waals surface area contributed by atoms with Gasteiger partial charge in [-0.25, -0.2) is 4.98 Å². The third kappa shape index (κ3) is 2.68. The van der Waals surface area contributed by atoms with E-state index in [0.29, 0.717) is 0 Å². The minimum atomic E-state index is 0.107. The Morgan fingerprint density at radius 1 is 1.00 bits per heavy atom. The summed E-state index contributed by atoms with van der Waals surface area (Å²) < 4.78 is 3.88. The van der Waals surface area contributed by atoms with Gasteiger partial charge in [-0.15, -0.1) is 0 Å². The normalized spacial score (nSPS) is 15.2. The first kappa shape index (κ1) is 17.0. The van der Waals surface area contributed by atoms with Gasteiger partial charge in [0, 0.05) is 31.7 Å². The van der Waals surface area contributed by atoms with Gasteiger partial charge in [-0.05, 0) is 37.1 Å². The Hall–Kier alpha value is -3.15. The van der Waals surface area contributed by atoms with Gasteiger partial charge in [0.25, 0.3) is 5.91 Å². The molecule has 142 valence electrons. The Morgan fingerprint density at radius 2 is 1.82 bits per heavy atom. The lowest BCUT2D eigenvalue weighted by Gasteiger charge is -2.21. The maximum atomic E-state index is 13.4. The van der Waals surface area contributed by atoms with Gasteiger partial charge in [0.05, 0.1) is 23.0 Å². The lowest BCUT2D eigenvalue weighted by Crippen LogP contribution is -2.31. The highest BCUT2D eigenvalue weighted by Gasteiger charge is 2.24. The number of aromatic nitrogens is 4. The summed E-state index contributed by atoms with van der Waals surface area (Å²) in [7, 11) is 1.93. The van der Waals surface area contributed by atoms with Gasteiger partial charge in [0.2, 0.25) is 0 Å². The number of benzene rings is 1. The molecule has 1 saturated heterocycles. The summed E-state index contributed by atoms with van der Waals surface area (Å²) in [5.74, 6) is 0.107. The lowest BCUT2D eigenvalue weighted by molar-refractivity contribution is 0.0763. The number of aryl methyl sites for hydroxylation is 1. The van der Waals surface area contributed by atoms with Gasteiger partial charge in [0.15, 0.2) is 0 Å². The van der Waals surface area contributed by atoms with Crippen molar-refractivity contribution in [1.82, 2.24) is 24.1 Å². The van der Waals surface area contributed by atoms with Gasteiger partial charge < -0.3 is 4.90 Å². The molecule has 1 aromatic carbocycles. The van der Waals surface area contributed by atoms with E-state index in [2.05, 4.69) is 4.98 Å². The van der Waals surface area contributed by atoms with Crippen molar-refractivity contribution in [3.63, 3.8) is 0 Å². The smallest absolute Gasteiger partial charge is 0.254 e. The van der Waals surface area contributed by atoms with Crippen molar-refractivity contribution in [1.29, 1.82) is 0 Å². The van der Waals surface area contributed by atoms with Crippen molar-refractivity contribution >= 4 is 22.5 Å². The van der Waals surface area contributed by atoms with Crippen molar-refractivity contribution in [2.24, 2.45) is 7.05 Å². The summed E-state index contributed by atoms with van der Waals surface area (Å²) in [6.07, 6.45) is 8.38. The molecule has 1 aliphatic rings. The van der Waals surface area contributed by atoms with Crippen LogP contribution in [0.4, 0.5) is 0 Å². The molecule has 0 saturated carbocycles. The Bertz CT molecular complexity index is 1160. The van der Waals surface area contributed by atoms with Crippen LogP contribution in [0.15, 0.2) is 48.8 Å². The highest BCUT2D eigenvalue weighted by Crippen LogP contribution is 2.32. The number of amides is 1. The Labute approximate surface area is 163 Å². The van der Waals surface area contributed by atoms with Crippen LogP contribution in [-0.4, -0.2) is 43.1 Å². The first-order chi connectivity index (χ1) is 13.7. The third-order valence-electron chi connectivity index (χ3n) is 5.66. The highest BCUT2D eigenvalue weighted by atomic mass is 16.2. The summed E-state index contributed by atoms with van der Waals surface area (Å²) in [4.78, 5) is 19.9. The number of likely N-dealkylation sites (tertiary alicyclic amines) is 1. The molecule has 0 bridgehead atoms. The molecule has 1 aliphatic heterocycles. The van der Waals surface area contributed by atoms with Crippen LogP contribution >= 0.6 is 0 Å². The third-order valence-corrected chi connectivity index (χ3v) is 5.66. The second kappa shape index (κ2) is 6.78. The number of imidazole rings is 1. The van der Waals surface area contributed by atoms with Crippen LogP contribution in [0.3, 0.4) is 0 Å². The summed E-state index contributed by atoms with van der Waals surface area (Å²) in [5, 5.41) is 5.68. The maximum Gasteiger partial charge on any atom is 0.254 e. The van der Waals surface area contributed by atoms with E-state index in [1.165, 1.54) is 12.8 Å². The van der Waals surface area contributed by atoms with Gasteiger partial charge in [-0.1, -0.05) is 25.0 Å². The minimum absolute atomic E-state index is 0.107. The predicted octanol–water partition coefficient (Wildman–Crippen LogP) is 3.90. The molecule has 5 rings (SSSR count). The van der Waals surface area contributed by atoms with E-state index in [1.807, 2.05) is 69.8 Å². The summed E-state index contributed by atoms with van der Waals surface area (Å²) in [6, 6.07) is 11.8. The first-order valence-corrected chi connectivity index (χ1v) is 9.91. The van der Waals surface area contributed by atoms with Crippen molar-refractivity contribution in [2.75, 3.05) is 13.1 Å². The maximum absolute atomic E-state index is 13.4. The van der Waals surface area contributed by atoms with Crippen LogP contribution in [0.2, 0.25) is 0 Å². The molecular weight excluding hydrogens is 350 g/mol. The average Bonchev–Trinajstić information content (AvgIpc) is 3.17. The molecule has 6 nitrogen and oxygen atoms in total. The molecule has 1 amide bonds. The molecule has 0 spiro atoms. The van der Waals surface area contributed by atoms with Gasteiger partial charge in [-0.2, -0.15) is 5.10 Å². The van der Waals surface area contributed by atoms with E-state index < -0.39 is 0 Å². The monoisotopic (exact) mass is 373 g/mol. The van der Waals surface area contributed by atoms with Crippen LogP contribution in [0, 0.1) is 0 Å². The Morgan fingerprint density at radius 3 is 2.64 bits per heavy atom. The molecule has 6 heteroatoms. The van der Waals surface area contributed by atoms with E-state index in [1.54, 1.807) is 0 Å². The standard InChI is InChI=1S/C22H23N5O/c1-25-17-10-8-9-16(22(28)26-12-5-2-3-6-13-26)20(17)21(24-25)18-15-23-19-11-4-7-14-27(18)19/h4,7-11,14-15H,2-3,5-6,12-13H2,1H3. The zero-order valence-electron chi connectivity index (χ0n) is 16.0. The second-order valence-corrected chi connectivity index (χ2v) is 7.45. The van der Waals surface area contributed by atoms with E-state index in [9.17, 15) is 4.79 Å². The number of pyridine rings is 1. The lowest BCUT2D eigenvalue weighted by atomic mass is 10.0. The van der Waals surface area contributed by atoms with Gasteiger partial charge in [0.1, 0.15) is 11.3 Å². The molecule has 0 radical (unpaired) electrons. The molecule has 4 heterocycles. The first-order valence-electron chi connectivity index (χ1n) is 9.91. The molecule has 0 unspecified atom stereocenters.